The van der Waals surface area contributed by atoms with Crippen molar-refractivity contribution in [3.63, 3.8) is 0 Å². The van der Waals surface area contributed by atoms with Gasteiger partial charge in [-0.3, -0.25) is 9.59 Å². The van der Waals surface area contributed by atoms with Crippen LogP contribution in [0.3, 0.4) is 0 Å². The smallest absolute Gasteiger partial charge is 0.254 e. The van der Waals surface area contributed by atoms with Gasteiger partial charge in [-0.1, -0.05) is 33.8 Å². The fourth-order valence-electron chi connectivity index (χ4n) is 2.25. The van der Waals surface area contributed by atoms with Gasteiger partial charge in [0.1, 0.15) is 0 Å². The maximum absolute atomic E-state index is 12.7. The van der Waals surface area contributed by atoms with Gasteiger partial charge in [-0.2, -0.15) is 0 Å². The molecule has 0 amide bonds. The lowest BCUT2D eigenvalue weighted by Gasteiger charge is -2.28. The molecule has 1 atom stereocenters. The Morgan fingerprint density at radius 3 is 2.40 bits per heavy atom. The Hall–Kier alpha value is -1.09. The first-order valence-electron chi connectivity index (χ1n) is 7.11. The highest BCUT2D eigenvalue weighted by atomic mass is 35.5. The van der Waals surface area contributed by atoms with Crippen molar-refractivity contribution in [2.24, 2.45) is 0 Å². The fraction of sp³-hybridized carbons (Fsp3) is 0.625. The average Bonchev–Trinajstić information content (AvgIpc) is 2.34. The van der Waals surface area contributed by atoms with Gasteiger partial charge in [0, 0.05) is 29.1 Å². The van der Waals surface area contributed by atoms with E-state index in [1.165, 1.54) is 0 Å². The van der Waals surface area contributed by atoms with E-state index in [1.807, 2.05) is 23.6 Å². The van der Waals surface area contributed by atoms with Crippen molar-refractivity contribution in [2.75, 3.05) is 0 Å². The predicted octanol–water partition coefficient (Wildman–Crippen LogP) is 3.81. The molecule has 0 N–H and O–H groups in total. The lowest BCUT2D eigenvalue weighted by atomic mass is 9.90. The molecule has 0 aromatic carbocycles. The molecule has 0 radical (unpaired) electrons. The van der Waals surface area contributed by atoms with Crippen LogP contribution in [0.15, 0.2) is 16.9 Å². The minimum absolute atomic E-state index is 0.00434. The molecule has 0 aliphatic heterocycles. The average molecular weight is 298 g/mol. The van der Waals surface area contributed by atoms with Crippen molar-refractivity contribution >= 4 is 16.8 Å². The normalized spacial score (nSPS) is 13.3. The Bertz CT molecular complexity index is 540. The molecule has 20 heavy (non-hydrogen) atoms. The van der Waals surface area contributed by atoms with E-state index in [1.54, 1.807) is 0 Å². The van der Waals surface area contributed by atoms with E-state index in [4.69, 9.17) is 11.6 Å². The Labute approximate surface area is 126 Å². The lowest BCUT2D eigenvalue weighted by Crippen LogP contribution is -2.33. The Morgan fingerprint density at radius 1 is 1.35 bits per heavy atom. The molecule has 0 bridgehead atoms. The second-order valence-electron chi connectivity index (χ2n) is 6.28. The summed E-state index contributed by atoms with van der Waals surface area (Å²) in [7, 11) is 0. The van der Waals surface area contributed by atoms with Crippen LogP contribution in [0.4, 0.5) is 0 Å². The van der Waals surface area contributed by atoms with Crippen LogP contribution in [0.2, 0.25) is 0 Å². The van der Waals surface area contributed by atoms with E-state index >= 15 is 0 Å². The maximum Gasteiger partial charge on any atom is 0.254 e. The number of hydrogen-bond donors (Lipinski definition) is 0. The highest BCUT2D eigenvalue weighted by Gasteiger charge is 2.22. The summed E-state index contributed by atoms with van der Waals surface area (Å²) in [6, 6.07) is 3.98. The second-order valence-corrected chi connectivity index (χ2v) is 6.70. The predicted molar refractivity (Wildman–Crippen MR) is 83.6 cm³/mol. The van der Waals surface area contributed by atoms with Crippen molar-refractivity contribution in [2.45, 2.75) is 65.3 Å². The third kappa shape index (κ3) is 3.95. The van der Waals surface area contributed by atoms with Gasteiger partial charge in [0.15, 0.2) is 0 Å². The number of pyridine rings is 1. The summed E-state index contributed by atoms with van der Waals surface area (Å²) in [5, 5.41) is -0.403. The molecule has 4 heteroatoms. The fourth-order valence-corrected chi connectivity index (χ4v) is 2.34. The Morgan fingerprint density at radius 2 is 1.95 bits per heavy atom. The van der Waals surface area contributed by atoms with Gasteiger partial charge in [0.2, 0.25) is 5.24 Å². The van der Waals surface area contributed by atoms with Gasteiger partial charge >= 0.3 is 0 Å². The number of carbonyl (C=O) groups excluding carboxylic acids is 1. The quantitative estimate of drug-likeness (QED) is 0.775. The Balaban J connectivity index is 3.36. The number of halogens is 1. The van der Waals surface area contributed by atoms with Gasteiger partial charge in [-0.15, -0.1) is 0 Å². The topological polar surface area (TPSA) is 39.1 Å². The molecule has 0 saturated heterocycles. The molecule has 112 valence electrons. The minimum atomic E-state index is -0.403. The highest BCUT2D eigenvalue weighted by Crippen LogP contribution is 2.24. The molecule has 1 heterocycles. The summed E-state index contributed by atoms with van der Waals surface area (Å²) in [6.45, 7) is 10.4. The van der Waals surface area contributed by atoms with Crippen LogP contribution in [0.1, 0.15) is 64.8 Å². The van der Waals surface area contributed by atoms with Crippen molar-refractivity contribution < 1.29 is 4.79 Å². The van der Waals surface area contributed by atoms with Crippen molar-refractivity contribution in [1.29, 1.82) is 0 Å². The number of hydrogen-bond acceptors (Lipinski definition) is 2. The van der Waals surface area contributed by atoms with E-state index in [-0.39, 0.29) is 23.4 Å². The van der Waals surface area contributed by atoms with Crippen LogP contribution in [0.25, 0.3) is 0 Å². The van der Waals surface area contributed by atoms with Crippen molar-refractivity contribution in [1.82, 2.24) is 4.57 Å². The third-order valence-corrected chi connectivity index (χ3v) is 3.78. The van der Waals surface area contributed by atoms with Crippen LogP contribution in [0, 0.1) is 0 Å². The number of aromatic nitrogens is 1. The summed E-state index contributed by atoms with van der Waals surface area (Å²) in [5.41, 5.74) is 1.60. The van der Waals surface area contributed by atoms with E-state index in [9.17, 15) is 9.59 Å². The first-order valence-corrected chi connectivity index (χ1v) is 7.49. The van der Waals surface area contributed by atoms with E-state index < -0.39 is 5.24 Å². The molecule has 1 unspecified atom stereocenters. The van der Waals surface area contributed by atoms with Gasteiger partial charge in [-0.25, -0.2) is 0 Å². The molecule has 0 aliphatic carbocycles. The zero-order chi connectivity index (χ0) is 15.5. The summed E-state index contributed by atoms with van der Waals surface area (Å²) >= 11 is 5.37. The van der Waals surface area contributed by atoms with Crippen LogP contribution in [0.5, 0.6) is 0 Å². The molecule has 1 rings (SSSR count). The zero-order valence-electron chi connectivity index (χ0n) is 13.0. The van der Waals surface area contributed by atoms with E-state index in [2.05, 4.69) is 27.7 Å². The Kier molecular flexibility index (Phi) is 5.58. The molecule has 0 spiro atoms. The van der Waals surface area contributed by atoms with Gasteiger partial charge < -0.3 is 4.57 Å². The van der Waals surface area contributed by atoms with Crippen molar-refractivity contribution in [3.05, 3.63) is 33.7 Å². The molecule has 1 aromatic rings. The summed E-state index contributed by atoms with van der Waals surface area (Å²) in [6.07, 6.45) is 1.50. The summed E-state index contributed by atoms with van der Waals surface area (Å²) < 4.78 is 1.87. The lowest BCUT2D eigenvalue weighted by molar-refractivity contribution is -0.111. The number of carbonyl (C=O) groups is 1. The van der Waals surface area contributed by atoms with Crippen LogP contribution in [-0.2, 0) is 16.6 Å². The van der Waals surface area contributed by atoms with Gasteiger partial charge in [0.25, 0.3) is 5.56 Å². The van der Waals surface area contributed by atoms with Crippen LogP contribution >= 0.6 is 11.6 Å². The van der Waals surface area contributed by atoms with Crippen LogP contribution in [-0.4, -0.2) is 9.81 Å². The minimum Gasteiger partial charge on any atom is -0.309 e. The maximum atomic E-state index is 12.7. The highest BCUT2D eigenvalue weighted by molar-refractivity contribution is 6.63. The van der Waals surface area contributed by atoms with Gasteiger partial charge in [-0.05, 0) is 37.4 Å². The first kappa shape index (κ1) is 17.0. The third-order valence-electron chi connectivity index (χ3n) is 3.59. The molecule has 0 aliphatic rings. The molecular formula is C16H24ClNO2. The first-order chi connectivity index (χ1) is 9.18. The van der Waals surface area contributed by atoms with Crippen LogP contribution < -0.4 is 5.56 Å². The largest absolute Gasteiger partial charge is 0.309 e. The number of nitrogens with zero attached hydrogens (tertiary/aromatic N) is 1. The summed E-state index contributed by atoms with van der Waals surface area (Å²) in [5.74, 6) is 0. The standard InChI is InChI=1S/C16H24ClNO2/c1-6-11(2)18-13(16(3,4)5)9-7-12(15(18)20)8-10-14(17)19/h7,9,11H,6,8,10H2,1-5H3. The SMILES string of the molecule is CCC(C)n1c(C(C)(C)C)ccc(CCC(=O)Cl)c1=O. The monoisotopic (exact) mass is 297 g/mol. The van der Waals surface area contributed by atoms with E-state index in [0.717, 1.165) is 12.1 Å². The number of aryl methyl sites for hydroxylation is 1. The molecule has 1 aromatic heterocycles. The second kappa shape index (κ2) is 6.57. The molecular weight excluding hydrogens is 274 g/mol. The zero-order valence-corrected chi connectivity index (χ0v) is 13.8. The number of rotatable bonds is 5. The van der Waals surface area contributed by atoms with Crippen molar-refractivity contribution in [3.8, 4) is 0 Å². The molecule has 0 fully saturated rings. The van der Waals surface area contributed by atoms with E-state index in [0.29, 0.717) is 12.0 Å². The van der Waals surface area contributed by atoms with Gasteiger partial charge in [0.05, 0.1) is 0 Å². The summed E-state index contributed by atoms with van der Waals surface area (Å²) in [4.78, 5) is 23.5. The molecule has 0 saturated carbocycles. The molecule has 3 nitrogen and oxygen atoms in total.